The van der Waals surface area contributed by atoms with Crippen molar-refractivity contribution in [3.05, 3.63) is 64.5 Å². The number of carbonyl (C=O) groups excluding carboxylic acids is 1. The molecule has 1 aliphatic heterocycles. The number of imidazole rings is 1. The standard InChI is InChI=1S/C18H18N4O2S.C2HF3O2/c1-13-5-7-25-17(13)18(23)21-9-14-8-19-12-22(14)15(10-21)11-24-16-4-2-3-6-20-16;3-2(4,5)1(6)7/h2-8,12,15H,9-11H2,1H3;(H,6,7). The van der Waals surface area contributed by atoms with E-state index in [1.54, 1.807) is 12.5 Å². The third-order valence-corrected chi connectivity index (χ3v) is 5.58. The maximum atomic E-state index is 12.9. The van der Waals surface area contributed by atoms with E-state index in [-0.39, 0.29) is 11.9 Å². The van der Waals surface area contributed by atoms with Crippen LogP contribution in [0.5, 0.6) is 5.88 Å². The summed E-state index contributed by atoms with van der Waals surface area (Å²) in [6.45, 7) is 3.57. The normalized spacial score (nSPS) is 15.4. The van der Waals surface area contributed by atoms with Gasteiger partial charge in [-0.15, -0.1) is 11.3 Å². The molecule has 12 heteroatoms. The van der Waals surface area contributed by atoms with Gasteiger partial charge in [0.25, 0.3) is 5.91 Å². The second kappa shape index (κ2) is 9.81. The predicted molar refractivity (Wildman–Crippen MR) is 108 cm³/mol. The van der Waals surface area contributed by atoms with E-state index in [1.807, 2.05) is 47.7 Å². The molecule has 4 heterocycles. The van der Waals surface area contributed by atoms with Crippen LogP contribution in [0.15, 0.2) is 48.4 Å². The van der Waals surface area contributed by atoms with E-state index in [0.29, 0.717) is 25.6 Å². The average Bonchev–Trinajstić information content (AvgIpc) is 3.40. The first kappa shape index (κ1) is 23.3. The van der Waals surface area contributed by atoms with Gasteiger partial charge < -0.3 is 19.3 Å². The highest BCUT2D eigenvalue weighted by atomic mass is 32.1. The van der Waals surface area contributed by atoms with E-state index in [1.165, 1.54) is 11.3 Å². The molecule has 0 saturated heterocycles. The summed E-state index contributed by atoms with van der Waals surface area (Å²) in [5, 5.41) is 9.08. The summed E-state index contributed by atoms with van der Waals surface area (Å²) >= 11 is 1.49. The van der Waals surface area contributed by atoms with Crippen molar-refractivity contribution in [2.24, 2.45) is 0 Å². The number of carboxylic acids is 1. The Morgan fingerprint density at radius 2 is 2.06 bits per heavy atom. The van der Waals surface area contributed by atoms with Crippen LogP contribution in [-0.2, 0) is 11.3 Å². The third-order valence-electron chi connectivity index (χ3n) is 4.57. The molecule has 170 valence electrons. The fraction of sp³-hybridized carbons (Fsp3) is 0.300. The van der Waals surface area contributed by atoms with E-state index in [9.17, 15) is 18.0 Å². The van der Waals surface area contributed by atoms with E-state index < -0.39 is 12.1 Å². The molecule has 0 aromatic carbocycles. The Morgan fingerprint density at radius 1 is 1.31 bits per heavy atom. The maximum absolute atomic E-state index is 12.9. The summed E-state index contributed by atoms with van der Waals surface area (Å²) in [5.41, 5.74) is 2.04. The Labute approximate surface area is 184 Å². The Kier molecular flexibility index (Phi) is 7.13. The number of aryl methyl sites for hydroxylation is 1. The SMILES string of the molecule is Cc1ccsc1C(=O)N1Cc2cncn2C(COc2ccccn2)C1.O=C(O)C(F)(F)F. The molecule has 0 spiro atoms. The zero-order chi connectivity index (χ0) is 23.3. The lowest BCUT2D eigenvalue weighted by atomic mass is 10.1. The van der Waals surface area contributed by atoms with Crippen molar-refractivity contribution in [3.8, 4) is 5.88 Å². The van der Waals surface area contributed by atoms with Gasteiger partial charge in [0, 0.05) is 25.0 Å². The predicted octanol–water partition coefficient (Wildman–Crippen LogP) is 3.56. The summed E-state index contributed by atoms with van der Waals surface area (Å²) in [6, 6.07) is 7.56. The first-order valence-electron chi connectivity index (χ1n) is 9.35. The topological polar surface area (TPSA) is 97.5 Å². The van der Waals surface area contributed by atoms with Crippen molar-refractivity contribution in [1.29, 1.82) is 0 Å². The van der Waals surface area contributed by atoms with E-state index >= 15 is 0 Å². The number of pyridine rings is 1. The zero-order valence-corrected chi connectivity index (χ0v) is 17.6. The van der Waals surface area contributed by atoms with Gasteiger partial charge in [0.1, 0.15) is 6.61 Å². The van der Waals surface area contributed by atoms with Crippen LogP contribution in [0.3, 0.4) is 0 Å². The number of hydrogen-bond donors (Lipinski definition) is 1. The van der Waals surface area contributed by atoms with Crippen molar-refractivity contribution in [2.45, 2.75) is 25.7 Å². The van der Waals surface area contributed by atoms with Crippen LogP contribution in [0.1, 0.15) is 27.0 Å². The second-order valence-electron chi connectivity index (χ2n) is 6.85. The average molecular weight is 468 g/mol. The molecule has 3 aromatic heterocycles. The molecule has 0 fully saturated rings. The quantitative estimate of drug-likeness (QED) is 0.629. The van der Waals surface area contributed by atoms with Crippen LogP contribution < -0.4 is 4.74 Å². The van der Waals surface area contributed by atoms with E-state index in [2.05, 4.69) is 14.5 Å². The van der Waals surface area contributed by atoms with Crippen molar-refractivity contribution in [2.75, 3.05) is 13.2 Å². The Balaban J connectivity index is 0.000000360. The lowest BCUT2D eigenvalue weighted by molar-refractivity contribution is -0.192. The first-order chi connectivity index (χ1) is 15.2. The van der Waals surface area contributed by atoms with Crippen LogP contribution in [0.4, 0.5) is 13.2 Å². The molecule has 4 rings (SSSR count). The van der Waals surface area contributed by atoms with Crippen molar-refractivity contribution >= 4 is 23.2 Å². The van der Waals surface area contributed by atoms with Gasteiger partial charge in [-0.05, 0) is 30.0 Å². The lowest BCUT2D eigenvalue weighted by Crippen LogP contribution is -2.42. The molecule has 1 atom stereocenters. The molecule has 3 aromatic rings. The smallest absolute Gasteiger partial charge is 0.475 e. The number of alkyl halides is 3. The van der Waals surface area contributed by atoms with Gasteiger partial charge in [0.2, 0.25) is 5.88 Å². The fourth-order valence-corrected chi connectivity index (χ4v) is 3.92. The molecular weight excluding hydrogens is 449 g/mol. The van der Waals surface area contributed by atoms with E-state index in [0.717, 1.165) is 16.1 Å². The third kappa shape index (κ3) is 5.63. The molecule has 0 aliphatic carbocycles. The highest BCUT2D eigenvalue weighted by Crippen LogP contribution is 2.26. The number of nitrogens with zero attached hydrogens (tertiary/aromatic N) is 4. The molecule has 32 heavy (non-hydrogen) atoms. The van der Waals surface area contributed by atoms with Crippen molar-refractivity contribution < 1.29 is 32.6 Å². The van der Waals surface area contributed by atoms with E-state index in [4.69, 9.17) is 14.6 Å². The maximum Gasteiger partial charge on any atom is 0.490 e. The Hall–Kier alpha value is -3.41. The lowest BCUT2D eigenvalue weighted by Gasteiger charge is -2.34. The molecule has 1 amide bonds. The van der Waals surface area contributed by atoms with Crippen LogP contribution in [0, 0.1) is 6.92 Å². The number of fused-ring (bicyclic) bond motifs is 1. The monoisotopic (exact) mass is 468 g/mol. The number of thiophene rings is 1. The molecule has 0 bridgehead atoms. The van der Waals surface area contributed by atoms with Gasteiger partial charge in [-0.1, -0.05) is 6.07 Å². The van der Waals surface area contributed by atoms with Crippen LogP contribution in [0.25, 0.3) is 0 Å². The zero-order valence-electron chi connectivity index (χ0n) is 16.8. The number of carbonyl (C=O) groups is 2. The second-order valence-corrected chi connectivity index (χ2v) is 7.76. The summed E-state index contributed by atoms with van der Waals surface area (Å²) < 4.78 is 39.6. The Morgan fingerprint density at radius 3 is 2.66 bits per heavy atom. The van der Waals surface area contributed by atoms with Gasteiger partial charge >= 0.3 is 12.1 Å². The van der Waals surface area contributed by atoms with Gasteiger partial charge in [0.15, 0.2) is 0 Å². The highest BCUT2D eigenvalue weighted by molar-refractivity contribution is 7.12. The van der Waals surface area contributed by atoms with Gasteiger partial charge in [-0.25, -0.2) is 14.8 Å². The molecule has 0 radical (unpaired) electrons. The number of rotatable bonds is 4. The minimum atomic E-state index is -5.08. The van der Waals surface area contributed by atoms with Gasteiger partial charge in [-0.3, -0.25) is 4.79 Å². The molecule has 8 nitrogen and oxygen atoms in total. The number of hydrogen-bond acceptors (Lipinski definition) is 6. The molecule has 1 aliphatic rings. The summed E-state index contributed by atoms with van der Waals surface area (Å²) in [6.07, 6.45) is 0.239. The minimum Gasteiger partial charge on any atom is -0.475 e. The number of aliphatic carboxylic acids is 1. The first-order valence-corrected chi connectivity index (χ1v) is 10.2. The van der Waals surface area contributed by atoms with Crippen molar-refractivity contribution in [3.63, 3.8) is 0 Å². The summed E-state index contributed by atoms with van der Waals surface area (Å²) in [5.74, 6) is -2.10. The molecule has 0 saturated carbocycles. The molecule has 1 N–H and O–H groups in total. The number of carboxylic acid groups (broad SMARTS) is 1. The summed E-state index contributed by atoms with van der Waals surface area (Å²) in [4.78, 5) is 32.9. The highest BCUT2D eigenvalue weighted by Gasteiger charge is 2.38. The molecular formula is C20H19F3N4O4S. The number of aromatic nitrogens is 3. The summed E-state index contributed by atoms with van der Waals surface area (Å²) in [7, 11) is 0. The Bertz CT molecular complexity index is 1070. The number of ether oxygens (including phenoxy) is 1. The fourth-order valence-electron chi connectivity index (χ4n) is 3.02. The van der Waals surface area contributed by atoms with Crippen molar-refractivity contribution in [1.82, 2.24) is 19.4 Å². The van der Waals surface area contributed by atoms with Gasteiger partial charge in [0.05, 0.1) is 29.5 Å². The van der Waals surface area contributed by atoms with Crippen LogP contribution >= 0.6 is 11.3 Å². The van der Waals surface area contributed by atoms with Gasteiger partial charge in [-0.2, -0.15) is 13.2 Å². The number of amides is 1. The largest absolute Gasteiger partial charge is 0.490 e. The minimum absolute atomic E-state index is 0.0116. The number of halogens is 3. The molecule has 1 unspecified atom stereocenters. The van der Waals surface area contributed by atoms with Crippen LogP contribution in [0.2, 0.25) is 0 Å². The van der Waals surface area contributed by atoms with Crippen LogP contribution in [-0.4, -0.2) is 55.7 Å².